The summed E-state index contributed by atoms with van der Waals surface area (Å²) in [6.07, 6.45) is 1.52. The van der Waals surface area contributed by atoms with Gasteiger partial charge in [0.25, 0.3) is 0 Å². The highest BCUT2D eigenvalue weighted by Crippen LogP contribution is 2.39. The van der Waals surface area contributed by atoms with Gasteiger partial charge in [0.15, 0.2) is 5.67 Å². The van der Waals surface area contributed by atoms with Gasteiger partial charge in [-0.25, -0.2) is 8.78 Å². The Balaban J connectivity index is 2.41. The third-order valence-corrected chi connectivity index (χ3v) is 2.83. The Morgan fingerprint density at radius 1 is 1.28 bits per heavy atom. The summed E-state index contributed by atoms with van der Waals surface area (Å²) in [5.74, 6) is -1.63. The van der Waals surface area contributed by atoms with Crippen LogP contribution in [0.15, 0.2) is 47.8 Å². The molecule has 0 saturated heterocycles. The van der Waals surface area contributed by atoms with Gasteiger partial charge in [0.05, 0.1) is 0 Å². The summed E-state index contributed by atoms with van der Waals surface area (Å²) in [6, 6.07) is 5.96. The molecule has 0 spiro atoms. The smallest absolute Gasteiger partial charge is 0.244 e. The minimum Gasteiger partial charge on any atom is -0.399 e. The van der Waals surface area contributed by atoms with Crippen LogP contribution in [0.2, 0.25) is 0 Å². The van der Waals surface area contributed by atoms with Crippen LogP contribution in [0.3, 0.4) is 0 Å². The minimum absolute atomic E-state index is 0.0747. The van der Waals surface area contributed by atoms with E-state index in [1.165, 1.54) is 24.3 Å². The van der Waals surface area contributed by atoms with E-state index < -0.39 is 17.4 Å². The van der Waals surface area contributed by atoms with Gasteiger partial charge >= 0.3 is 0 Å². The maximum absolute atomic E-state index is 14.7. The van der Waals surface area contributed by atoms with Crippen molar-refractivity contribution in [3.05, 3.63) is 53.4 Å². The van der Waals surface area contributed by atoms with Crippen LogP contribution < -0.4 is 11.5 Å². The van der Waals surface area contributed by atoms with E-state index in [1.807, 2.05) is 0 Å². The molecule has 94 valence electrons. The first kappa shape index (κ1) is 12.3. The summed E-state index contributed by atoms with van der Waals surface area (Å²) >= 11 is 0. The van der Waals surface area contributed by atoms with Crippen molar-refractivity contribution in [2.24, 2.45) is 5.73 Å². The number of nitrogens with two attached hydrogens (primary N) is 2. The van der Waals surface area contributed by atoms with E-state index in [0.717, 1.165) is 12.2 Å². The van der Waals surface area contributed by atoms with E-state index in [2.05, 4.69) is 0 Å². The topological polar surface area (TPSA) is 69.1 Å². The number of anilines is 1. The first-order valence-electron chi connectivity index (χ1n) is 5.34. The zero-order valence-corrected chi connectivity index (χ0v) is 9.49. The number of carbonyl (C=O) groups excluding carboxylic acids is 1. The van der Waals surface area contributed by atoms with Gasteiger partial charge in [-0.1, -0.05) is 12.1 Å². The van der Waals surface area contributed by atoms with Crippen molar-refractivity contribution in [3.8, 4) is 0 Å². The molecule has 1 aromatic rings. The predicted octanol–water partition coefficient (Wildman–Crippen LogP) is 2.10. The minimum atomic E-state index is -2.07. The highest BCUT2D eigenvalue weighted by atomic mass is 19.1. The molecule has 0 saturated carbocycles. The number of primary amides is 1. The van der Waals surface area contributed by atoms with Gasteiger partial charge in [-0.2, -0.15) is 0 Å². The summed E-state index contributed by atoms with van der Waals surface area (Å²) in [7, 11) is 0. The molecule has 0 heterocycles. The Kier molecular flexibility index (Phi) is 2.90. The molecule has 5 heteroatoms. The molecule has 1 unspecified atom stereocenters. The second kappa shape index (κ2) is 4.25. The van der Waals surface area contributed by atoms with Crippen molar-refractivity contribution < 1.29 is 13.6 Å². The summed E-state index contributed by atoms with van der Waals surface area (Å²) in [6.45, 7) is 0. The van der Waals surface area contributed by atoms with Gasteiger partial charge < -0.3 is 11.5 Å². The first-order chi connectivity index (χ1) is 8.40. The number of hydrogen-bond acceptors (Lipinski definition) is 2. The fourth-order valence-corrected chi connectivity index (χ4v) is 1.91. The van der Waals surface area contributed by atoms with Crippen LogP contribution in [0.4, 0.5) is 14.5 Å². The van der Waals surface area contributed by atoms with E-state index in [9.17, 15) is 13.6 Å². The molecule has 3 nitrogen and oxygen atoms in total. The second-order valence-corrected chi connectivity index (χ2v) is 4.22. The average molecular weight is 250 g/mol. The molecule has 4 N–H and O–H groups in total. The molecule has 0 radical (unpaired) electrons. The number of amides is 1. The number of benzene rings is 1. The number of allylic oxidation sites excluding steroid dienone is 3. The van der Waals surface area contributed by atoms with Crippen LogP contribution in [0.25, 0.3) is 0 Å². The van der Waals surface area contributed by atoms with Crippen LogP contribution in [0, 0.1) is 0 Å². The zero-order valence-electron chi connectivity index (χ0n) is 9.49. The number of alkyl halides is 1. The molecule has 1 aliphatic rings. The Hall–Kier alpha value is -2.17. The van der Waals surface area contributed by atoms with E-state index >= 15 is 0 Å². The van der Waals surface area contributed by atoms with Crippen molar-refractivity contribution in [1.82, 2.24) is 0 Å². The highest BCUT2D eigenvalue weighted by Gasteiger charge is 2.35. The molecule has 0 bridgehead atoms. The standard InChI is InChI=1S/C13H12F2N2O/c14-10-5-8(12(17)18)6-13(15,7-10)9-1-3-11(16)4-2-9/h1-5,7H,6,16H2,(H2,17,18). The normalized spacial score (nSPS) is 23.2. The third kappa shape index (κ3) is 2.25. The lowest BCUT2D eigenvalue weighted by Crippen LogP contribution is -2.26. The maximum Gasteiger partial charge on any atom is 0.244 e. The molecule has 18 heavy (non-hydrogen) atoms. The molecule has 2 rings (SSSR count). The largest absolute Gasteiger partial charge is 0.399 e. The second-order valence-electron chi connectivity index (χ2n) is 4.22. The third-order valence-electron chi connectivity index (χ3n) is 2.83. The van der Waals surface area contributed by atoms with Gasteiger partial charge in [-0.05, 0) is 29.8 Å². The van der Waals surface area contributed by atoms with Crippen molar-refractivity contribution in [1.29, 1.82) is 0 Å². The molecule has 1 aliphatic carbocycles. The Bertz CT molecular complexity index is 549. The molecule has 1 atom stereocenters. The summed E-state index contributed by atoms with van der Waals surface area (Å²) in [5, 5.41) is 0. The fourth-order valence-electron chi connectivity index (χ4n) is 1.91. The Morgan fingerprint density at radius 2 is 1.89 bits per heavy atom. The Labute approximate surface area is 103 Å². The molecule has 1 amide bonds. The fraction of sp³-hybridized carbons (Fsp3) is 0.154. The van der Waals surface area contributed by atoms with Crippen molar-refractivity contribution >= 4 is 11.6 Å². The number of carbonyl (C=O) groups is 1. The maximum atomic E-state index is 14.7. The summed E-state index contributed by atoms with van der Waals surface area (Å²) in [5.41, 5.74) is 9.14. The van der Waals surface area contributed by atoms with E-state index in [-0.39, 0.29) is 17.6 Å². The van der Waals surface area contributed by atoms with E-state index in [1.54, 1.807) is 0 Å². The van der Waals surface area contributed by atoms with Crippen LogP contribution >= 0.6 is 0 Å². The predicted molar refractivity (Wildman–Crippen MR) is 64.7 cm³/mol. The van der Waals surface area contributed by atoms with Gasteiger partial charge in [0.2, 0.25) is 5.91 Å². The summed E-state index contributed by atoms with van der Waals surface area (Å²) in [4.78, 5) is 11.0. The molecule has 0 aromatic heterocycles. The zero-order chi connectivity index (χ0) is 13.3. The molecular formula is C13H12F2N2O. The van der Waals surface area contributed by atoms with Gasteiger partial charge in [-0.15, -0.1) is 0 Å². The van der Waals surface area contributed by atoms with Crippen molar-refractivity contribution in [2.75, 3.05) is 5.73 Å². The van der Waals surface area contributed by atoms with E-state index in [4.69, 9.17) is 11.5 Å². The number of hydrogen-bond donors (Lipinski definition) is 2. The van der Waals surface area contributed by atoms with Gasteiger partial charge in [0.1, 0.15) is 5.83 Å². The van der Waals surface area contributed by atoms with Crippen molar-refractivity contribution in [2.45, 2.75) is 12.1 Å². The quantitative estimate of drug-likeness (QED) is 0.789. The SMILES string of the molecule is NC(=O)C1=CC(F)=CC(F)(c2ccc(N)cc2)C1. The van der Waals surface area contributed by atoms with Crippen LogP contribution in [-0.4, -0.2) is 5.91 Å². The monoisotopic (exact) mass is 250 g/mol. The molecule has 1 aromatic carbocycles. The molecular weight excluding hydrogens is 238 g/mol. The number of rotatable bonds is 2. The average Bonchev–Trinajstić information content (AvgIpc) is 2.28. The van der Waals surface area contributed by atoms with Gasteiger partial charge in [-0.3, -0.25) is 4.79 Å². The highest BCUT2D eigenvalue weighted by molar-refractivity contribution is 5.93. The lowest BCUT2D eigenvalue weighted by atomic mass is 9.84. The number of halogens is 2. The van der Waals surface area contributed by atoms with Crippen molar-refractivity contribution in [3.63, 3.8) is 0 Å². The first-order valence-corrected chi connectivity index (χ1v) is 5.34. The van der Waals surface area contributed by atoms with Gasteiger partial charge in [0, 0.05) is 17.7 Å². The number of nitrogen functional groups attached to an aromatic ring is 1. The summed E-state index contributed by atoms with van der Waals surface area (Å²) < 4.78 is 28.1. The lowest BCUT2D eigenvalue weighted by Gasteiger charge is -2.25. The van der Waals surface area contributed by atoms with Crippen LogP contribution in [-0.2, 0) is 10.5 Å². The Morgan fingerprint density at radius 3 is 2.44 bits per heavy atom. The van der Waals surface area contributed by atoms with E-state index in [0.29, 0.717) is 5.69 Å². The lowest BCUT2D eigenvalue weighted by molar-refractivity contribution is -0.115. The van der Waals surface area contributed by atoms with Crippen LogP contribution in [0.1, 0.15) is 12.0 Å². The molecule has 0 aliphatic heterocycles. The molecule has 0 fully saturated rings. The van der Waals surface area contributed by atoms with Crippen LogP contribution in [0.5, 0.6) is 0 Å².